The predicted molar refractivity (Wildman–Crippen MR) is 56.1 cm³/mol. The van der Waals surface area contributed by atoms with Crippen molar-refractivity contribution in [2.24, 2.45) is 5.73 Å². The normalized spacial score (nSPS) is 15.9. The standard InChI is InChI=1S/C11H15NO3/c1-13-9-2-3-11(8(4-9)5-12)15-10-6-14-7-10/h2-4,10H,5-7,12H2,1H3. The SMILES string of the molecule is COc1ccc(OC2COC2)c(CN)c1. The Morgan fingerprint density at radius 2 is 2.27 bits per heavy atom. The molecule has 0 spiro atoms. The van der Waals surface area contributed by atoms with Crippen LogP contribution in [-0.4, -0.2) is 26.4 Å². The number of nitrogens with two attached hydrogens (primary N) is 1. The topological polar surface area (TPSA) is 53.7 Å². The van der Waals surface area contributed by atoms with Crippen molar-refractivity contribution in [3.63, 3.8) is 0 Å². The van der Waals surface area contributed by atoms with E-state index in [4.69, 9.17) is 19.9 Å². The fraction of sp³-hybridized carbons (Fsp3) is 0.455. The van der Waals surface area contributed by atoms with Crippen molar-refractivity contribution in [3.8, 4) is 11.5 Å². The predicted octanol–water partition coefficient (Wildman–Crippen LogP) is 0.931. The lowest BCUT2D eigenvalue weighted by Crippen LogP contribution is -2.38. The molecule has 4 nitrogen and oxygen atoms in total. The van der Waals surface area contributed by atoms with Gasteiger partial charge in [-0.05, 0) is 18.2 Å². The minimum absolute atomic E-state index is 0.170. The second kappa shape index (κ2) is 4.51. The van der Waals surface area contributed by atoms with Gasteiger partial charge in [0.05, 0.1) is 20.3 Å². The van der Waals surface area contributed by atoms with Gasteiger partial charge in [-0.3, -0.25) is 0 Å². The van der Waals surface area contributed by atoms with E-state index in [1.165, 1.54) is 0 Å². The van der Waals surface area contributed by atoms with Gasteiger partial charge in [-0.25, -0.2) is 0 Å². The Kier molecular flexibility index (Phi) is 3.08. The zero-order chi connectivity index (χ0) is 10.7. The van der Waals surface area contributed by atoms with E-state index in [9.17, 15) is 0 Å². The van der Waals surface area contributed by atoms with Crippen LogP contribution in [0.1, 0.15) is 5.56 Å². The molecule has 4 heteroatoms. The fourth-order valence-electron chi connectivity index (χ4n) is 1.42. The average molecular weight is 209 g/mol. The van der Waals surface area contributed by atoms with Crippen molar-refractivity contribution in [1.29, 1.82) is 0 Å². The van der Waals surface area contributed by atoms with Gasteiger partial charge in [-0.1, -0.05) is 0 Å². The summed E-state index contributed by atoms with van der Waals surface area (Å²) >= 11 is 0. The highest BCUT2D eigenvalue weighted by Gasteiger charge is 2.21. The van der Waals surface area contributed by atoms with Gasteiger partial charge in [0.1, 0.15) is 17.6 Å². The first-order valence-electron chi connectivity index (χ1n) is 4.95. The van der Waals surface area contributed by atoms with E-state index in [1.807, 2.05) is 18.2 Å². The largest absolute Gasteiger partial charge is 0.497 e. The monoisotopic (exact) mass is 209 g/mol. The van der Waals surface area contributed by atoms with E-state index in [0.29, 0.717) is 19.8 Å². The van der Waals surface area contributed by atoms with Crippen LogP contribution in [0, 0.1) is 0 Å². The molecule has 15 heavy (non-hydrogen) atoms. The highest BCUT2D eigenvalue weighted by Crippen LogP contribution is 2.25. The van der Waals surface area contributed by atoms with Crippen molar-refractivity contribution >= 4 is 0 Å². The van der Waals surface area contributed by atoms with Gasteiger partial charge in [0.25, 0.3) is 0 Å². The molecule has 0 unspecified atom stereocenters. The molecule has 0 saturated carbocycles. The number of hydrogen-bond acceptors (Lipinski definition) is 4. The number of methoxy groups -OCH3 is 1. The fourth-order valence-corrected chi connectivity index (χ4v) is 1.42. The number of hydrogen-bond donors (Lipinski definition) is 1. The molecule has 2 N–H and O–H groups in total. The van der Waals surface area contributed by atoms with Crippen LogP contribution < -0.4 is 15.2 Å². The highest BCUT2D eigenvalue weighted by atomic mass is 16.6. The maximum Gasteiger partial charge on any atom is 0.145 e. The molecule has 1 aromatic rings. The molecule has 0 radical (unpaired) electrons. The van der Waals surface area contributed by atoms with E-state index in [-0.39, 0.29) is 6.10 Å². The minimum Gasteiger partial charge on any atom is -0.497 e. The summed E-state index contributed by atoms with van der Waals surface area (Å²) in [5.41, 5.74) is 6.60. The molecule has 2 rings (SSSR count). The Morgan fingerprint density at radius 3 is 2.80 bits per heavy atom. The molecule has 1 heterocycles. The Balaban J connectivity index is 2.13. The maximum absolute atomic E-state index is 5.71. The highest BCUT2D eigenvalue weighted by molar-refractivity contribution is 5.40. The van der Waals surface area contributed by atoms with Gasteiger partial charge >= 0.3 is 0 Å². The van der Waals surface area contributed by atoms with Crippen LogP contribution in [0.25, 0.3) is 0 Å². The Morgan fingerprint density at radius 1 is 1.47 bits per heavy atom. The zero-order valence-electron chi connectivity index (χ0n) is 8.73. The quantitative estimate of drug-likeness (QED) is 0.801. The molecular formula is C11H15NO3. The Hall–Kier alpha value is -1.26. The lowest BCUT2D eigenvalue weighted by atomic mass is 10.2. The number of rotatable bonds is 4. The summed E-state index contributed by atoms with van der Waals surface area (Å²) in [6.07, 6.45) is 0.170. The van der Waals surface area contributed by atoms with Crippen molar-refractivity contribution < 1.29 is 14.2 Å². The smallest absolute Gasteiger partial charge is 0.145 e. The van der Waals surface area contributed by atoms with E-state index in [0.717, 1.165) is 17.1 Å². The lowest BCUT2D eigenvalue weighted by Gasteiger charge is -2.27. The van der Waals surface area contributed by atoms with Crippen LogP contribution in [0.4, 0.5) is 0 Å². The van der Waals surface area contributed by atoms with Crippen LogP contribution in [0.2, 0.25) is 0 Å². The van der Waals surface area contributed by atoms with Gasteiger partial charge in [-0.2, -0.15) is 0 Å². The van der Waals surface area contributed by atoms with Crippen LogP contribution in [0.15, 0.2) is 18.2 Å². The summed E-state index contributed by atoms with van der Waals surface area (Å²) in [7, 11) is 1.63. The molecule has 1 fully saturated rings. The van der Waals surface area contributed by atoms with Crippen LogP contribution in [-0.2, 0) is 11.3 Å². The van der Waals surface area contributed by atoms with Gasteiger partial charge in [0.15, 0.2) is 0 Å². The molecular weight excluding hydrogens is 194 g/mol. The van der Waals surface area contributed by atoms with Crippen molar-refractivity contribution in [2.45, 2.75) is 12.6 Å². The summed E-state index contributed by atoms with van der Waals surface area (Å²) in [6, 6.07) is 5.65. The van der Waals surface area contributed by atoms with E-state index < -0.39 is 0 Å². The third kappa shape index (κ3) is 2.22. The van der Waals surface area contributed by atoms with Gasteiger partial charge in [0.2, 0.25) is 0 Å². The van der Waals surface area contributed by atoms with Gasteiger partial charge in [0, 0.05) is 12.1 Å². The second-order valence-corrected chi connectivity index (χ2v) is 3.46. The molecule has 0 bridgehead atoms. The summed E-state index contributed by atoms with van der Waals surface area (Å²) < 4.78 is 15.9. The van der Waals surface area contributed by atoms with Crippen LogP contribution >= 0.6 is 0 Å². The van der Waals surface area contributed by atoms with Crippen molar-refractivity contribution in [1.82, 2.24) is 0 Å². The third-order valence-corrected chi connectivity index (χ3v) is 2.39. The summed E-state index contributed by atoms with van der Waals surface area (Å²) in [5, 5.41) is 0. The van der Waals surface area contributed by atoms with E-state index >= 15 is 0 Å². The molecule has 1 aliphatic rings. The Bertz CT molecular complexity index is 337. The van der Waals surface area contributed by atoms with Gasteiger partial charge < -0.3 is 19.9 Å². The Labute approximate surface area is 88.9 Å². The van der Waals surface area contributed by atoms with Crippen LogP contribution in [0.3, 0.4) is 0 Å². The second-order valence-electron chi connectivity index (χ2n) is 3.46. The van der Waals surface area contributed by atoms with E-state index in [1.54, 1.807) is 7.11 Å². The van der Waals surface area contributed by atoms with Crippen molar-refractivity contribution in [3.05, 3.63) is 23.8 Å². The molecule has 0 aromatic heterocycles. The number of ether oxygens (including phenoxy) is 3. The third-order valence-electron chi connectivity index (χ3n) is 2.39. The summed E-state index contributed by atoms with van der Waals surface area (Å²) in [4.78, 5) is 0. The zero-order valence-corrected chi connectivity index (χ0v) is 8.73. The summed E-state index contributed by atoms with van der Waals surface area (Å²) in [6.45, 7) is 1.77. The molecule has 82 valence electrons. The molecule has 1 saturated heterocycles. The van der Waals surface area contributed by atoms with E-state index in [2.05, 4.69) is 0 Å². The number of benzene rings is 1. The molecule has 1 aliphatic heterocycles. The van der Waals surface area contributed by atoms with Crippen molar-refractivity contribution in [2.75, 3.05) is 20.3 Å². The molecule has 0 atom stereocenters. The first-order chi connectivity index (χ1) is 7.33. The minimum atomic E-state index is 0.170. The van der Waals surface area contributed by atoms with Crippen LogP contribution in [0.5, 0.6) is 11.5 Å². The molecule has 0 aliphatic carbocycles. The first-order valence-corrected chi connectivity index (χ1v) is 4.95. The first kappa shape index (κ1) is 10.3. The summed E-state index contributed by atoms with van der Waals surface area (Å²) in [5.74, 6) is 1.62. The maximum atomic E-state index is 5.71. The van der Waals surface area contributed by atoms with Gasteiger partial charge in [-0.15, -0.1) is 0 Å². The molecule has 0 amide bonds. The lowest BCUT2D eigenvalue weighted by molar-refractivity contribution is -0.0800. The average Bonchev–Trinajstić information content (AvgIpc) is 2.23. The molecule has 1 aromatic carbocycles.